The van der Waals surface area contributed by atoms with Gasteiger partial charge in [0.15, 0.2) is 0 Å². The van der Waals surface area contributed by atoms with E-state index in [1.165, 1.54) is 11.1 Å². The number of aliphatic carboxylic acids is 1. The maximum Gasteiger partial charge on any atom is 0.407 e. The summed E-state index contributed by atoms with van der Waals surface area (Å²) < 4.78 is 5.59. The van der Waals surface area contributed by atoms with Gasteiger partial charge in [-0.05, 0) is 47.9 Å². The Morgan fingerprint density at radius 1 is 1.03 bits per heavy atom. The van der Waals surface area contributed by atoms with Crippen molar-refractivity contribution in [2.45, 2.75) is 44.6 Å². The molecule has 2 amide bonds. The number of nitrogens with one attached hydrogen (secondary N) is 2. The number of hydrogen-bond acceptors (Lipinski definition) is 4. The van der Waals surface area contributed by atoms with E-state index in [2.05, 4.69) is 34.9 Å². The lowest BCUT2D eigenvalue weighted by Crippen LogP contribution is -2.42. The average Bonchev–Trinajstić information content (AvgIpc) is 3.38. The van der Waals surface area contributed by atoms with E-state index in [9.17, 15) is 14.4 Å². The molecule has 4 rings (SSSR count). The zero-order valence-electron chi connectivity index (χ0n) is 18.8. The molecule has 0 aromatic heterocycles. The van der Waals surface area contributed by atoms with E-state index in [0.717, 1.165) is 30.4 Å². The summed E-state index contributed by atoms with van der Waals surface area (Å²) in [6, 6.07) is 16.0. The molecule has 33 heavy (non-hydrogen) atoms. The molecular weight excluding hydrogens is 420 g/mol. The van der Waals surface area contributed by atoms with Crippen molar-refractivity contribution in [3.63, 3.8) is 0 Å². The van der Waals surface area contributed by atoms with Crippen LogP contribution in [0.1, 0.15) is 49.7 Å². The summed E-state index contributed by atoms with van der Waals surface area (Å²) in [4.78, 5) is 35.9. The van der Waals surface area contributed by atoms with E-state index in [4.69, 9.17) is 9.84 Å². The van der Waals surface area contributed by atoms with Crippen molar-refractivity contribution in [1.29, 1.82) is 0 Å². The normalized spacial score (nSPS) is 19.9. The minimum Gasteiger partial charge on any atom is -0.481 e. The highest BCUT2D eigenvalue weighted by Crippen LogP contribution is 2.44. The van der Waals surface area contributed by atoms with Crippen LogP contribution >= 0.6 is 0 Å². The highest BCUT2D eigenvalue weighted by atomic mass is 16.5. The van der Waals surface area contributed by atoms with E-state index in [1.54, 1.807) is 6.92 Å². The highest BCUT2D eigenvalue weighted by Gasteiger charge is 2.34. The lowest BCUT2D eigenvalue weighted by Gasteiger charge is -2.22. The van der Waals surface area contributed by atoms with Crippen LogP contribution in [0.2, 0.25) is 0 Å². The van der Waals surface area contributed by atoms with Gasteiger partial charge in [0.25, 0.3) is 0 Å². The average molecular weight is 451 g/mol. The molecule has 0 bridgehead atoms. The van der Waals surface area contributed by atoms with Crippen LogP contribution < -0.4 is 10.6 Å². The van der Waals surface area contributed by atoms with Crippen molar-refractivity contribution in [2.75, 3.05) is 13.2 Å². The molecular formula is C26H30N2O5. The van der Waals surface area contributed by atoms with Gasteiger partial charge in [-0.2, -0.15) is 0 Å². The van der Waals surface area contributed by atoms with E-state index in [1.807, 2.05) is 24.3 Å². The number of benzene rings is 2. The van der Waals surface area contributed by atoms with Crippen molar-refractivity contribution in [3.8, 4) is 11.1 Å². The van der Waals surface area contributed by atoms with Gasteiger partial charge in [-0.3, -0.25) is 9.59 Å². The Balaban J connectivity index is 1.29. The number of carboxylic acids is 1. The topological polar surface area (TPSA) is 105 Å². The summed E-state index contributed by atoms with van der Waals surface area (Å²) in [5.41, 5.74) is 4.68. The highest BCUT2D eigenvalue weighted by molar-refractivity contribution is 5.81. The smallest absolute Gasteiger partial charge is 0.407 e. The Kier molecular flexibility index (Phi) is 6.96. The first kappa shape index (κ1) is 22.8. The van der Waals surface area contributed by atoms with Crippen molar-refractivity contribution in [2.24, 2.45) is 11.8 Å². The maximum atomic E-state index is 12.6. The zero-order valence-corrected chi connectivity index (χ0v) is 18.8. The predicted octanol–water partition coefficient (Wildman–Crippen LogP) is 3.92. The SMILES string of the molecule is CC(CC(=O)O)NC(=O)[C@@H]1CCC[C@@H]1CNC(=O)OCC1c2ccccc2-c2ccccc21. The van der Waals surface area contributed by atoms with Crippen LogP contribution in [0, 0.1) is 11.8 Å². The number of alkyl carbamates (subject to hydrolysis) is 1. The first-order valence-corrected chi connectivity index (χ1v) is 11.5. The van der Waals surface area contributed by atoms with Gasteiger partial charge < -0.3 is 20.5 Å². The van der Waals surface area contributed by atoms with Crippen LogP contribution in [0.3, 0.4) is 0 Å². The second-order valence-corrected chi connectivity index (χ2v) is 9.01. The number of carboxylic acid groups (broad SMARTS) is 1. The molecule has 1 unspecified atom stereocenters. The summed E-state index contributed by atoms with van der Waals surface area (Å²) in [6.45, 7) is 2.30. The van der Waals surface area contributed by atoms with Crippen molar-refractivity contribution >= 4 is 18.0 Å². The number of hydrogen-bond donors (Lipinski definition) is 3. The first-order chi connectivity index (χ1) is 15.9. The van der Waals surface area contributed by atoms with Crippen LogP contribution in [-0.4, -0.2) is 42.3 Å². The molecule has 174 valence electrons. The largest absolute Gasteiger partial charge is 0.481 e. The Labute approximate surface area is 193 Å². The Hall–Kier alpha value is -3.35. The van der Waals surface area contributed by atoms with E-state index >= 15 is 0 Å². The van der Waals surface area contributed by atoms with Gasteiger partial charge in [-0.15, -0.1) is 0 Å². The summed E-state index contributed by atoms with van der Waals surface area (Å²) >= 11 is 0. The summed E-state index contributed by atoms with van der Waals surface area (Å²) in [7, 11) is 0. The number of fused-ring (bicyclic) bond motifs is 3. The number of carbonyl (C=O) groups is 3. The second-order valence-electron chi connectivity index (χ2n) is 9.01. The molecule has 2 aliphatic rings. The van der Waals surface area contributed by atoms with Crippen molar-refractivity contribution in [3.05, 3.63) is 59.7 Å². The summed E-state index contributed by atoms with van der Waals surface area (Å²) in [6.07, 6.45) is 1.89. The van der Waals surface area contributed by atoms with Crippen molar-refractivity contribution in [1.82, 2.24) is 10.6 Å². The minimum atomic E-state index is -0.942. The fraction of sp³-hybridized carbons (Fsp3) is 0.423. The third-order valence-corrected chi connectivity index (χ3v) is 6.72. The fourth-order valence-electron chi connectivity index (χ4n) is 5.15. The molecule has 1 fully saturated rings. The second kappa shape index (κ2) is 10.1. The molecule has 0 spiro atoms. The van der Waals surface area contributed by atoms with Gasteiger partial charge >= 0.3 is 12.1 Å². The molecule has 7 heteroatoms. The van der Waals surface area contributed by atoms with Gasteiger partial charge in [0.05, 0.1) is 6.42 Å². The zero-order chi connectivity index (χ0) is 23.4. The van der Waals surface area contributed by atoms with Gasteiger partial charge in [-0.25, -0.2) is 4.79 Å². The lowest BCUT2D eigenvalue weighted by molar-refractivity contribution is -0.137. The van der Waals surface area contributed by atoms with Crippen LogP contribution in [0.25, 0.3) is 11.1 Å². The quantitative estimate of drug-likeness (QED) is 0.565. The van der Waals surface area contributed by atoms with Gasteiger partial charge in [0, 0.05) is 24.4 Å². The molecule has 7 nitrogen and oxygen atoms in total. The molecule has 0 aliphatic heterocycles. The number of amides is 2. The van der Waals surface area contributed by atoms with Crippen LogP contribution in [0.5, 0.6) is 0 Å². The molecule has 0 saturated heterocycles. The Bertz CT molecular complexity index is 991. The van der Waals surface area contributed by atoms with E-state index in [-0.39, 0.29) is 36.7 Å². The van der Waals surface area contributed by atoms with Crippen LogP contribution in [0.4, 0.5) is 4.79 Å². The third-order valence-electron chi connectivity index (χ3n) is 6.72. The van der Waals surface area contributed by atoms with Gasteiger partial charge in [-0.1, -0.05) is 55.0 Å². The van der Waals surface area contributed by atoms with E-state index in [0.29, 0.717) is 6.54 Å². The molecule has 2 aromatic carbocycles. The molecule has 3 N–H and O–H groups in total. The lowest BCUT2D eigenvalue weighted by atomic mass is 9.94. The maximum absolute atomic E-state index is 12.6. The number of rotatable bonds is 8. The monoisotopic (exact) mass is 450 g/mol. The molecule has 0 heterocycles. The molecule has 2 aromatic rings. The van der Waals surface area contributed by atoms with Crippen molar-refractivity contribution < 1.29 is 24.2 Å². The standard InChI is InChI=1S/C26H30N2O5/c1-16(13-24(29)30)28-25(31)18-12-6-7-17(18)14-27-26(32)33-15-23-21-10-4-2-8-19(21)20-9-3-5-11-22(20)23/h2-5,8-11,16-18,23H,6-7,12-15H2,1H3,(H,27,32)(H,28,31)(H,29,30)/t16?,17-,18-/m1/s1. The predicted molar refractivity (Wildman–Crippen MR) is 124 cm³/mol. The van der Waals surface area contributed by atoms with E-state index < -0.39 is 18.1 Å². The minimum absolute atomic E-state index is 0.00359. The van der Waals surface area contributed by atoms with Crippen LogP contribution in [-0.2, 0) is 14.3 Å². The first-order valence-electron chi connectivity index (χ1n) is 11.5. The summed E-state index contributed by atoms with van der Waals surface area (Å²) in [5, 5.41) is 14.5. The Morgan fingerprint density at radius 3 is 2.30 bits per heavy atom. The van der Waals surface area contributed by atoms with Gasteiger partial charge in [0.1, 0.15) is 6.61 Å². The number of carbonyl (C=O) groups excluding carboxylic acids is 2. The third kappa shape index (κ3) is 5.18. The fourth-order valence-corrected chi connectivity index (χ4v) is 5.15. The Morgan fingerprint density at radius 2 is 1.67 bits per heavy atom. The van der Waals surface area contributed by atoms with Crippen LogP contribution in [0.15, 0.2) is 48.5 Å². The molecule has 0 radical (unpaired) electrons. The molecule has 2 aliphatic carbocycles. The molecule has 3 atom stereocenters. The van der Waals surface area contributed by atoms with Gasteiger partial charge in [0.2, 0.25) is 5.91 Å². The number of ether oxygens (including phenoxy) is 1. The molecule has 1 saturated carbocycles. The summed E-state index contributed by atoms with van der Waals surface area (Å²) in [5.74, 6) is -1.29.